The monoisotopic (exact) mass is 161 g/mol. The largest absolute Gasteiger partial charge is 0.309 e. The molecule has 1 atom stereocenters. The fraction of sp³-hybridized carbons (Fsp3) is 0.364. The van der Waals surface area contributed by atoms with E-state index < -0.39 is 0 Å². The van der Waals surface area contributed by atoms with Gasteiger partial charge in [0.2, 0.25) is 0 Å². The first-order valence-electron chi connectivity index (χ1n) is 4.35. The SMILES string of the molecule is CCC(C(C)=N)c1ccccc1. The normalized spacial score (nSPS) is 12.5. The van der Waals surface area contributed by atoms with Gasteiger partial charge in [-0.25, -0.2) is 0 Å². The van der Waals surface area contributed by atoms with Crippen molar-refractivity contribution in [3.05, 3.63) is 35.9 Å². The fourth-order valence-electron chi connectivity index (χ4n) is 1.48. The zero-order valence-corrected chi connectivity index (χ0v) is 7.67. The molecule has 1 heteroatoms. The molecule has 0 aliphatic rings. The second-order valence-electron chi connectivity index (χ2n) is 3.05. The molecule has 0 aromatic heterocycles. The van der Waals surface area contributed by atoms with Crippen molar-refractivity contribution in [1.82, 2.24) is 0 Å². The lowest BCUT2D eigenvalue weighted by molar-refractivity contribution is 0.835. The van der Waals surface area contributed by atoms with Gasteiger partial charge in [-0.2, -0.15) is 0 Å². The first-order valence-corrected chi connectivity index (χ1v) is 4.35. The maximum atomic E-state index is 7.59. The Hall–Kier alpha value is -1.11. The quantitative estimate of drug-likeness (QED) is 0.658. The minimum absolute atomic E-state index is 0.311. The Morgan fingerprint density at radius 2 is 1.92 bits per heavy atom. The van der Waals surface area contributed by atoms with Gasteiger partial charge < -0.3 is 5.41 Å². The van der Waals surface area contributed by atoms with Crippen molar-refractivity contribution < 1.29 is 0 Å². The fourth-order valence-corrected chi connectivity index (χ4v) is 1.48. The van der Waals surface area contributed by atoms with Crippen LogP contribution in [0.4, 0.5) is 0 Å². The number of rotatable bonds is 3. The Labute approximate surface area is 73.9 Å². The lowest BCUT2D eigenvalue weighted by atomic mass is 9.93. The highest BCUT2D eigenvalue weighted by Gasteiger charge is 2.09. The van der Waals surface area contributed by atoms with Crippen LogP contribution < -0.4 is 0 Å². The second kappa shape index (κ2) is 4.05. The van der Waals surface area contributed by atoms with Crippen LogP contribution >= 0.6 is 0 Å². The molecule has 0 bridgehead atoms. The van der Waals surface area contributed by atoms with E-state index in [0.717, 1.165) is 12.1 Å². The molecular weight excluding hydrogens is 146 g/mol. The Bertz CT molecular complexity index is 251. The topological polar surface area (TPSA) is 23.9 Å². The maximum Gasteiger partial charge on any atom is 0.0211 e. The van der Waals surface area contributed by atoms with Crippen LogP contribution in [0.15, 0.2) is 30.3 Å². The van der Waals surface area contributed by atoms with Crippen LogP contribution in [-0.4, -0.2) is 5.71 Å². The lowest BCUT2D eigenvalue weighted by Crippen LogP contribution is -2.06. The van der Waals surface area contributed by atoms with Gasteiger partial charge >= 0.3 is 0 Å². The molecule has 0 spiro atoms. The molecule has 1 N–H and O–H groups in total. The second-order valence-corrected chi connectivity index (χ2v) is 3.05. The average molecular weight is 161 g/mol. The zero-order chi connectivity index (χ0) is 8.97. The van der Waals surface area contributed by atoms with E-state index in [2.05, 4.69) is 19.1 Å². The summed E-state index contributed by atoms with van der Waals surface area (Å²) in [7, 11) is 0. The summed E-state index contributed by atoms with van der Waals surface area (Å²) in [4.78, 5) is 0. The van der Waals surface area contributed by atoms with Gasteiger partial charge in [-0.1, -0.05) is 37.3 Å². The van der Waals surface area contributed by atoms with Crippen LogP contribution in [0.2, 0.25) is 0 Å². The molecule has 0 heterocycles. The van der Waals surface area contributed by atoms with Crippen molar-refractivity contribution in [2.45, 2.75) is 26.2 Å². The van der Waals surface area contributed by atoms with Gasteiger partial charge in [-0.3, -0.25) is 0 Å². The lowest BCUT2D eigenvalue weighted by Gasteiger charge is -2.12. The molecule has 0 saturated heterocycles. The van der Waals surface area contributed by atoms with Gasteiger partial charge in [-0.05, 0) is 18.9 Å². The molecule has 1 nitrogen and oxygen atoms in total. The first-order chi connectivity index (χ1) is 5.75. The van der Waals surface area contributed by atoms with Crippen LogP contribution in [0.1, 0.15) is 31.7 Å². The van der Waals surface area contributed by atoms with Gasteiger partial charge in [-0.15, -0.1) is 0 Å². The van der Waals surface area contributed by atoms with Gasteiger partial charge in [0.15, 0.2) is 0 Å². The molecule has 1 rings (SSSR count). The summed E-state index contributed by atoms with van der Waals surface area (Å²) in [5.41, 5.74) is 2.01. The molecule has 1 aromatic rings. The molecule has 0 radical (unpaired) electrons. The van der Waals surface area contributed by atoms with E-state index in [1.807, 2.05) is 25.1 Å². The van der Waals surface area contributed by atoms with E-state index in [-0.39, 0.29) is 0 Å². The predicted molar refractivity (Wildman–Crippen MR) is 52.9 cm³/mol. The molecule has 0 aliphatic carbocycles. The number of benzene rings is 1. The van der Waals surface area contributed by atoms with Gasteiger partial charge in [0.25, 0.3) is 0 Å². The van der Waals surface area contributed by atoms with E-state index in [9.17, 15) is 0 Å². The third-order valence-electron chi connectivity index (χ3n) is 2.13. The summed E-state index contributed by atoms with van der Waals surface area (Å²) >= 11 is 0. The summed E-state index contributed by atoms with van der Waals surface area (Å²) in [6, 6.07) is 10.2. The molecular formula is C11H15N. The molecule has 0 amide bonds. The van der Waals surface area contributed by atoms with Crippen LogP contribution in [0, 0.1) is 5.41 Å². The highest BCUT2D eigenvalue weighted by Crippen LogP contribution is 2.19. The summed E-state index contributed by atoms with van der Waals surface area (Å²) in [6.07, 6.45) is 1.01. The van der Waals surface area contributed by atoms with E-state index in [1.165, 1.54) is 5.56 Å². The van der Waals surface area contributed by atoms with Crippen molar-refractivity contribution in [2.24, 2.45) is 0 Å². The van der Waals surface area contributed by atoms with Crippen molar-refractivity contribution in [1.29, 1.82) is 5.41 Å². The molecule has 64 valence electrons. The van der Waals surface area contributed by atoms with Crippen molar-refractivity contribution in [3.63, 3.8) is 0 Å². The molecule has 1 aromatic carbocycles. The van der Waals surface area contributed by atoms with E-state index in [0.29, 0.717) is 5.92 Å². The van der Waals surface area contributed by atoms with Gasteiger partial charge in [0.1, 0.15) is 0 Å². The highest BCUT2D eigenvalue weighted by atomic mass is 14.4. The molecule has 0 saturated carbocycles. The van der Waals surface area contributed by atoms with E-state index in [4.69, 9.17) is 5.41 Å². The highest BCUT2D eigenvalue weighted by molar-refractivity contribution is 5.85. The zero-order valence-electron chi connectivity index (χ0n) is 7.67. The Balaban J connectivity index is 2.88. The minimum Gasteiger partial charge on any atom is -0.309 e. The molecule has 0 aliphatic heterocycles. The third-order valence-corrected chi connectivity index (χ3v) is 2.13. The van der Waals surface area contributed by atoms with E-state index >= 15 is 0 Å². The summed E-state index contributed by atoms with van der Waals surface area (Å²) < 4.78 is 0. The summed E-state index contributed by atoms with van der Waals surface area (Å²) in [6.45, 7) is 4.00. The maximum absolute atomic E-state index is 7.59. The van der Waals surface area contributed by atoms with Crippen molar-refractivity contribution in [2.75, 3.05) is 0 Å². The van der Waals surface area contributed by atoms with Crippen LogP contribution in [0.3, 0.4) is 0 Å². The van der Waals surface area contributed by atoms with Crippen molar-refractivity contribution >= 4 is 5.71 Å². The Morgan fingerprint density at radius 1 is 1.33 bits per heavy atom. The van der Waals surface area contributed by atoms with Crippen LogP contribution in [-0.2, 0) is 0 Å². The smallest absolute Gasteiger partial charge is 0.0211 e. The van der Waals surface area contributed by atoms with Gasteiger partial charge in [0.05, 0.1) is 0 Å². The number of hydrogen-bond acceptors (Lipinski definition) is 1. The Morgan fingerprint density at radius 3 is 2.33 bits per heavy atom. The molecule has 12 heavy (non-hydrogen) atoms. The number of hydrogen-bond donors (Lipinski definition) is 1. The number of nitrogens with one attached hydrogen (secondary N) is 1. The summed E-state index contributed by atoms with van der Waals surface area (Å²) in [5.74, 6) is 0.311. The van der Waals surface area contributed by atoms with Gasteiger partial charge in [0, 0.05) is 11.6 Å². The van der Waals surface area contributed by atoms with Crippen LogP contribution in [0.25, 0.3) is 0 Å². The Kier molecular flexibility index (Phi) is 3.03. The molecule has 1 unspecified atom stereocenters. The average Bonchev–Trinajstić information content (AvgIpc) is 2.07. The first kappa shape index (κ1) is 8.98. The van der Waals surface area contributed by atoms with E-state index in [1.54, 1.807) is 0 Å². The van der Waals surface area contributed by atoms with Crippen molar-refractivity contribution in [3.8, 4) is 0 Å². The summed E-state index contributed by atoms with van der Waals surface area (Å²) in [5, 5.41) is 7.59. The standard InChI is InChI=1S/C11H15N/c1-3-11(9(2)12)10-7-5-4-6-8-10/h4-8,11-12H,3H2,1-2H3. The minimum atomic E-state index is 0.311. The third kappa shape index (κ3) is 1.94. The predicted octanol–water partition coefficient (Wildman–Crippen LogP) is 3.22. The van der Waals surface area contributed by atoms with Crippen LogP contribution in [0.5, 0.6) is 0 Å². The molecule has 0 fully saturated rings.